The molecule has 0 bridgehead atoms. The average Bonchev–Trinajstić information content (AvgIpc) is 3.34. The zero-order chi connectivity index (χ0) is 17.4. The Morgan fingerprint density at radius 3 is 3.00 bits per heavy atom. The van der Waals surface area contributed by atoms with Crippen LogP contribution in [0.4, 0.5) is 0 Å². The first-order valence-electron chi connectivity index (χ1n) is 8.67. The van der Waals surface area contributed by atoms with Crippen molar-refractivity contribution in [3.63, 3.8) is 0 Å². The average molecular weight is 345 g/mol. The van der Waals surface area contributed by atoms with Gasteiger partial charge in [0.15, 0.2) is 0 Å². The molecule has 1 N–H and O–H groups in total. The van der Waals surface area contributed by atoms with Gasteiger partial charge in [0.25, 0.3) is 0 Å². The van der Waals surface area contributed by atoms with Crippen LogP contribution < -0.4 is 5.32 Å². The van der Waals surface area contributed by atoms with Crippen LogP contribution in [-0.4, -0.2) is 41.8 Å². The number of hydrogen-bond acceptors (Lipinski definition) is 6. The van der Waals surface area contributed by atoms with Gasteiger partial charge in [-0.15, -0.1) is 0 Å². The third kappa shape index (κ3) is 3.21. The molecule has 4 heterocycles. The largest absolute Gasteiger partial charge is 0.467 e. The molecular weight excluding hydrogens is 322 g/mol. The van der Waals surface area contributed by atoms with Crippen molar-refractivity contribution in [2.45, 2.75) is 33.0 Å². The molecule has 0 aromatic carbocycles. The Bertz CT molecular complexity index is 720. The number of likely N-dealkylation sites (tertiary alicyclic amines) is 1. The number of aryl methyl sites for hydroxylation is 2. The number of carbonyl (C=O) groups is 1. The molecule has 0 radical (unpaired) electrons. The van der Waals surface area contributed by atoms with Gasteiger partial charge in [-0.3, -0.25) is 9.69 Å². The molecule has 0 spiro atoms. The van der Waals surface area contributed by atoms with Gasteiger partial charge in [-0.2, -0.15) is 0 Å². The second-order valence-electron chi connectivity index (χ2n) is 6.94. The van der Waals surface area contributed by atoms with E-state index in [-0.39, 0.29) is 23.8 Å². The van der Waals surface area contributed by atoms with E-state index in [0.717, 1.165) is 42.4 Å². The molecule has 3 atom stereocenters. The minimum Gasteiger partial charge on any atom is -0.467 e. The third-order valence-electron chi connectivity index (χ3n) is 5.31. The van der Waals surface area contributed by atoms with E-state index in [1.165, 1.54) is 0 Å². The predicted octanol–water partition coefficient (Wildman–Crippen LogP) is 1.65. The number of amides is 1. The van der Waals surface area contributed by atoms with Gasteiger partial charge >= 0.3 is 0 Å². The minimum absolute atomic E-state index is 0.0445. The summed E-state index contributed by atoms with van der Waals surface area (Å²) in [6.45, 7) is 7.31. The second-order valence-corrected chi connectivity index (χ2v) is 6.94. The standard InChI is InChI=1S/C18H23N3O4/c1-11-14(12(2)25-20-11)7-21-8-15-16(10-24-17(15)9-21)18(22)19-6-13-4-3-5-23-13/h3-5,15-17H,6-10H2,1-2H3,(H,19,22)/t15-,16+,17-/m1/s1. The van der Waals surface area contributed by atoms with Gasteiger partial charge < -0.3 is 19.0 Å². The number of furan rings is 1. The van der Waals surface area contributed by atoms with E-state index in [2.05, 4.69) is 15.4 Å². The van der Waals surface area contributed by atoms with Crippen LogP contribution >= 0.6 is 0 Å². The molecule has 0 aliphatic carbocycles. The Morgan fingerprint density at radius 1 is 1.40 bits per heavy atom. The highest BCUT2D eigenvalue weighted by molar-refractivity contribution is 5.79. The highest BCUT2D eigenvalue weighted by Gasteiger charge is 2.46. The number of aromatic nitrogens is 1. The summed E-state index contributed by atoms with van der Waals surface area (Å²) in [5, 5.41) is 6.98. The fourth-order valence-electron chi connectivity index (χ4n) is 3.86. The molecule has 1 amide bonds. The number of rotatable bonds is 5. The van der Waals surface area contributed by atoms with Crippen LogP contribution in [-0.2, 0) is 22.6 Å². The van der Waals surface area contributed by atoms with Crippen molar-refractivity contribution in [2.75, 3.05) is 19.7 Å². The number of hydrogen-bond donors (Lipinski definition) is 1. The van der Waals surface area contributed by atoms with Crippen molar-refractivity contribution in [1.29, 1.82) is 0 Å². The van der Waals surface area contributed by atoms with Crippen molar-refractivity contribution < 1.29 is 18.5 Å². The van der Waals surface area contributed by atoms with Gasteiger partial charge in [0.2, 0.25) is 5.91 Å². The van der Waals surface area contributed by atoms with E-state index in [0.29, 0.717) is 13.2 Å². The van der Waals surface area contributed by atoms with Crippen LogP contribution in [0.5, 0.6) is 0 Å². The summed E-state index contributed by atoms with van der Waals surface area (Å²) in [5.74, 6) is 1.80. The monoisotopic (exact) mass is 345 g/mol. The highest BCUT2D eigenvalue weighted by Crippen LogP contribution is 2.35. The van der Waals surface area contributed by atoms with Crippen molar-refractivity contribution in [1.82, 2.24) is 15.4 Å². The zero-order valence-corrected chi connectivity index (χ0v) is 14.5. The molecule has 2 aromatic rings. The molecule has 2 aliphatic heterocycles. The third-order valence-corrected chi connectivity index (χ3v) is 5.31. The minimum atomic E-state index is -0.102. The van der Waals surface area contributed by atoms with Gasteiger partial charge in [-0.1, -0.05) is 5.16 Å². The summed E-state index contributed by atoms with van der Waals surface area (Å²) in [6.07, 6.45) is 1.74. The number of carbonyl (C=O) groups excluding carboxylic acids is 1. The lowest BCUT2D eigenvalue weighted by Crippen LogP contribution is -2.36. The molecule has 4 rings (SSSR count). The summed E-state index contributed by atoms with van der Waals surface area (Å²) in [7, 11) is 0. The number of nitrogens with zero attached hydrogens (tertiary/aromatic N) is 2. The van der Waals surface area contributed by atoms with E-state index in [1.807, 2.05) is 26.0 Å². The van der Waals surface area contributed by atoms with Crippen molar-refractivity contribution in [3.8, 4) is 0 Å². The fraction of sp³-hybridized carbons (Fsp3) is 0.556. The molecule has 134 valence electrons. The van der Waals surface area contributed by atoms with Crippen molar-refractivity contribution in [3.05, 3.63) is 41.2 Å². The molecule has 2 aliphatic rings. The van der Waals surface area contributed by atoms with E-state index in [1.54, 1.807) is 6.26 Å². The molecular formula is C18H23N3O4. The first-order chi connectivity index (χ1) is 12.1. The van der Waals surface area contributed by atoms with Gasteiger partial charge in [0, 0.05) is 31.1 Å². The van der Waals surface area contributed by atoms with Crippen LogP contribution in [0.1, 0.15) is 22.8 Å². The number of ether oxygens (including phenoxy) is 1. The Balaban J connectivity index is 1.35. The summed E-state index contributed by atoms with van der Waals surface area (Å²) < 4.78 is 16.4. The van der Waals surface area contributed by atoms with E-state index >= 15 is 0 Å². The Morgan fingerprint density at radius 2 is 2.28 bits per heavy atom. The SMILES string of the molecule is Cc1noc(C)c1CN1C[C@@H]2[C@@H](C(=O)NCc3ccco3)CO[C@@H]2C1. The molecule has 0 saturated carbocycles. The molecule has 2 saturated heterocycles. The van der Waals surface area contributed by atoms with Gasteiger partial charge in [0.1, 0.15) is 11.5 Å². The molecule has 0 unspecified atom stereocenters. The topological polar surface area (TPSA) is 80.7 Å². The molecule has 2 fully saturated rings. The summed E-state index contributed by atoms with van der Waals surface area (Å²) in [5.41, 5.74) is 2.07. The van der Waals surface area contributed by atoms with Gasteiger partial charge in [-0.05, 0) is 26.0 Å². The lowest BCUT2D eigenvalue weighted by Gasteiger charge is -2.19. The molecule has 2 aromatic heterocycles. The van der Waals surface area contributed by atoms with Crippen LogP contribution in [0.3, 0.4) is 0 Å². The molecule has 25 heavy (non-hydrogen) atoms. The van der Waals surface area contributed by atoms with Crippen LogP contribution in [0.25, 0.3) is 0 Å². The maximum atomic E-state index is 12.5. The first kappa shape index (κ1) is 16.4. The van der Waals surface area contributed by atoms with Gasteiger partial charge in [0.05, 0.1) is 37.1 Å². The Kier molecular flexibility index (Phi) is 4.35. The second kappa shape index (κ2) is 6.65. The predicted molar refractivity (Wildman–Crippen MR) is 88.5 cm³/mol. The lowest BCUT2D eigenvalue weighted by atomic mass is 9.92. The summed E-state index contributed by atoms with van der Waals surface area (Å²) >= 11 is 0. The van der Waals surface area contributed by atoms with Crippen LogP contribution in [0.2, 0.25) is 0 Å². The summed E-state index contributed by atoms with van der Waals surface area (Å²) in [6, 6.07) is 3.68. The number of nitrogens with one attached hydrogen (secondary N) is 1. The first-order valence-corrected chi connectivity index (χ1v) is 8.67. The Labute approximate surface area is 146 Å². The van der Waals surface area contributed by atoms with Gasteiger partial charge in [-0.25, -0.2) is 0 Å². The maximum absolute atomic E-state index is 12.5. The lowest BCUT2D eigenvalue weighted by molar-refractivity contribution is -0.126. The van der Waals surface area contributed by atoms with Crippen LogP contribution in [0, 0.1) is 25.7 Å². The molecule has 7 heteroatoms. The van der Waals surface area contributed by atoms with Crippen molar-refractivity contribution in [2.24, 2.45) is 11.8 Å². The summed E-state index contributed by atoms with van der Waals surface area (Å²) in [4.78, 5) is 14.9. The maximum Gasteiger partial charge on any atom is 0.226 e. The zero-order valence-electron chi connectivity index (χ0n) is 14.5. The number of fused-ring (bicyclic) bond motifs is 1. The molecule has 7 nitrogen and oxygen atoms in total. The highest BCUT2D eigenvalue weighted by atomic mass is 16.5. The van der Waals surface area contributed by atoms with Crippen molar-refractivity contribution >= 4 is 5.91 Å². The Hall–Kier alpha value is -2.12. The fourth-order valence-corrected chi connectivity index (χ4v) is 3.86. The smallest absolute Gasteiger partial charge is 0.226 e. The van der Waals surface area contributed by atoms with Crippen LogP contribution in [0.15, 0.2) is 27.3 Å². The van der Waals surface area contributed by atoms with E-state index in [4.69, 9.17) is 13.7 Å². The normalized spacial score (nSPS) is 26.1. The van der Waals surface area contributed by atoms with E-state index in [9.17, 15) is 4.79 Å². The van der Waals surface area contributed by atoms with E-state index < -0.39 is 0 Å². The quantitative estimate of drug-likeness (QED) is 0.887.